The molecule has 1 aliphatic rings. The van der Waals surface area contributed by atoms with Crippen molar-refractivity contribution in [3.63, 3.8) is 0 Å². The van der Waals surface area contributed by atoms with Crippen LogP contribution >= 0.6 is 0 Å². The van der Waals surface area contributed by atoms with Crippen molar-refractivity contribution >= 4 is 5.91 Å². The zero-order chi connectivity index (χ0) is 6.91. The molecule has 1 aliphatic carbocycles. The van der Waals surface area contributed by atoms with Gasteiger partial charge in [0, 0.05) is 46.6 Å². The van der Waals surface area contributed by atoms with Crippen LogP contribution in [0.2, 0.25) is 0 Å². The molecule has 0 saturated heterocycles. The second-order valence-corrected chi connectivity index (χ2v) is 3.10. The summed E-state index contributed by atoms with van der Waals surface area (Å²) in [5.41, 5.74) is 0.145. The van der Waals surface area contributed by atoms with Gasteiger partial charge in [-0.25, -0.2) is 0 Å². The van der Waals surface area contributed by atoms with Gasteiger partial charge in [0.05, 0.1) is 0 Å². The second-order valence-electron chi connectivity index (χ2n) is 3.10. The Morgan fingerprint density at radius 2 is 2.10 bits per heavy atom. The Kier molecular flexibility index (Phi) is 4.04. The van der Waals surface area contributed by atoms with Crippen molar-refractivity contribution in [2.75, 3.05) is 0 Å². The molecular weight excluding hydrogens is 203 g/mol. The molecule has 57 valence electrons. The Morgan fingerprint density at radius 3 is 2.20 bits per heavy atom. The molecule has 0 aromatic rings. The first-order valence-corrected chi connectivity index (χ1v) is 3.41. The van der Waals surface area contributed by atoms with E-state index in [4.69, 9.17) is 0 Å². The molecule has 1 amide bonds. The van der Waals surface area contributed by atoms with Gasteiger partial charge in [-0.2, -0.15) is 0 Å². The molecule has 0 spiro atoms. The maximum atomic E-state index is 10.5. The second kappa shape index (κ2) is 3.82. The van der Waals surface area contributed by atoms with Crippen LogP contribution < -0.4 is 5.32 Å². The van der Waals surface area contributed by atoms with E-state index in [-0.39, 0.29) is 45.6 Å². The van der Waals surface area contributed by atoms with Crippen molar-refractivity contribution in [3.8, 4) is 0 Å². The monoisotopic (exact) mass is 218 g/mol. The van der Waals surface area contributed by atoms with E-state index < -0.39 is 0 Å². The van der Waals surface area contributed by atoms with E-state index in [0.29, 0.717) is 0 Å². The molecule has 1 saturated carbocycles. The summed E-state index contributed by atoms with van der Waals surface area (Å²) < 4.78 is 0. The first-order valence-electron chi connectivity index (χ1n) is 3.41. The number of carbonyl (C=O) groups excluding carboxylic acids is 1. The molecule has 10 heavy (non-hydrogen) atoms. The number of amides is 1. The zero-order valence-corrected chi connectivity index (χ0v) is 9.45. The molecule has 0 heterocycles. The van der Waals surface area contributed by atoms with Crippen molar-refractivity contribution in [3.05, 3.63) is 0 Å². The minimum Gasteiger partial charge on any atom is -0.351 e. The Labute approximate surface area is 88.5 Å². The summed E-state index contributed by atoms with van der Waals surface area (Å²) in [4.78, 5) is 10.5. The van der Waals surface area contributed by atoms with Crippen molar-refractivity contribution < 1.29 is 38.9 Å². The van der Waals surface area contributed by atoms with Gasteiger partial charge < -0.3 is 5.32 Å². The summed E-state index contributed by atoms with van der Waals surface area (Å²) >= 11 is 0. The normalized spacial score (nSPS) is 20.2. The van der Waals surface area contributed by atoms with Gasteiger partial charge in [-0.05, 0) is 26.2 Å². The van der Waals surface area contributed by atoms with Crippen LogP contribution in [0.25, 0.3) is 0 Å². The van der Waals surface area contributed by atoms with Crippen molar-refractivity contribution in [2.45, 2.75) is 38.6 Å². The van der Waals surface area contributed by atoms with Gasteiger partial charge in [0.25, 0.3) is 0 Å². The Bertz CT molecular complexity index is 136. The first-order chi connectivity index (χ1) is 4.12. The molecule has 0 aliphatic heterocycles. The minimum atomic E-state index is 0. The van der Waals surface area contributed by atoms with Crippen molar-refractivity contribution in [1.29, 1.82) is 0 Å². The van der Waals surface area contributed by atoms with Gasteiger partial charge in [-0.1, -0.05) is 0 Å². The fourth-order valence-corrected chi connectivity index (χ4v) is 1.26. The fourth-order valence-electron chi connectivity index (χ4n) is 1.26. The van der Waals surface area contributed by atoms with E-state index in [1.54, 1.807) is 6.92 Å². The van der Waals surface area contributed by atoms with Crippen LogP contribution in [0.3, 0.4) is 0 Å². The predicted molar refractivity (Wildman–Crippen MR) is 38.2 cm³/mol. The number of hydrogen-bond acceptors (Lipinski definition) is 1. The van der Waals surface area contributed by atoms with Crippen LogP contribution in [-0.4, -0.2) is 11.4 Å². The molecule has 1 rings (SSSR count). The summed E-state index contributed by atoms with van der Waals surface area (Å²) in [7, 11) is 0. The SMILES string of the molecule is CC(=O)NC1(C)CCC1.[HH].[Y]. The van der Waals surface area contributed by atoms with Gasteiger partial charge in [-0.15, -0.1) is 0 Å². The van der Waals surface area contributed by atoms with E-state index >= 15 is 0 Å². The topological polar surface area (TPSA) is 29.1 Å². The molecule has 0 aromatic heterocycles. The molecular formula is C7H15NOY. The zero-order valence-electron chi connectivity index (χ0n) is 6.61. The summed E-state index contributed by atoms with van der Waals surface area (Å²) in [5.74, 6) is 0.0946. The smallest absolute Gasteiger partial charge is 0.217 e. The Hall–Kier alpha value is 0.574. The quantitative estimate of drug-likeness (QED) is 0.706. The van der Waals surface area contributed by atoms with Gasteiger partial charge in [0.2, 0.25) is 5.91 Å². The minimum absolute atomic E-state index is 0. The van der Waals surface area contributed by atoms with Gasteiger partial charge >= 0.3 is 0 Å². The molecule has 0 atom stereocenters. The molecule has 0 bridgehead atoms. The van der Waals surface area contributed by atoms with Crippen molar-refractivity contribution in [2.24, 2.45) is 0 Å². The van der Waals surface area contributed by atoms with Gasteiger partial charge in [0.1, 0.15) is 0 Å². The van der Waals surface area contributed by atoms with E-state index in [1.165, 1.54) is 6.42 Å². The predicted octanol–water partition coefficient (Wildman–Crippen LogP) is 1.31. The van der Waals surface area contributed by atoms with Gasteiger partial charge in [-0.3, -0.25) is 4.79 Å². The summed E-state index contributed by atoms with van der Waals surface area (Å²) in [5, 5.41) is 2.92. The Balaban J connectivity index is 0. The average molecular weight is 218 g/mol. The molecule has 1 fully saturated rings. The molecule has 3 heteroatoms. The third kappa shape index (κ3) is 2.67. The van der Waals surface area contributed by atoms with Crippen LogP contribution in [0.1, 0.15) is 34.5 Å². The number of hydrogen-bond donors (Lipinski definition) is 1. The summed E-state index contributed by atoms with van der Waals surface area (Å²) in [6.45, 7) is 3.67. The summed E-state index contributed by atoms with van der Waals surface area (Å²) in [6.07, 6.45) is 3.55. The number of nitrogens with one attached hydrogen (secondary N) is 1. The van der Waals surface area contributed by atoms with Crippen molar-refractivity contribution in [1.82, 2.24) is 5.32 Å². The van der Waals surface area contributed by atoms with Crippen LogP contribution in [0.5, 0.6) is 0 Å². The van der Waals surface area contributed by atoms with Crippen LogP contribution in [0.4, 0.5) is 0 Å². The van der Waals surface area contributed by atoms with Crippen LogP contribution in [0.15, 0.2) is 0 Å². The van der Waals surface area contributed by atoms with Gasteiger partial charge in [0.15, 0.2) is 0 Å². The standard InChI is InChI=1S/C7H13NO.Y.H2/c1-6(9)8-7(2)4-3-5-7;;/h3-5H2,1-2H3,(H,8,9);;1H. The molecule has 1 radical (unpaired) electrons. The number of rotatable bonds is 1. The Morgan fingerprint density at radius 1 is 1.60 bits per heavy atom. The molecule has 0 aromatic carbocycles. The molecule has 0 unspecified atom stereocenters. The van der Waals surface area contributed by atoms with Crippen LogP contribution in [-0.2, 0) is 37.5 Å². The number of carbonyl (C=O) groups is 1. The fraction of sp³-hybridized carbons (Fsp3) is 0.857. The van der Waals surface area contributed by atoms with E-state index in [1.807, 2.05) is 0 Å². The van der Waals surface area contributed by atoms with E-state index in [0.717, 1.165) is 12.8 Å². The van der Waals surface area contributed by atoms with E-state index in [9.17, 15) is 4.79 Å². The average Bonchev–Trinajstić information content (AvgIpc) is 1.60. The third-order valence-electron chi connectivity index (χ3n) is 1.93. The van der Waals surface area contributed by atoms with E-state index in [2.05, 4.69) is 12.2 Å². The summed E-state index contributed by atoms with van der Waals surface area (Å²) in [6, 6.07) is 0. The maximum Gasteiger partial charge on any atom is 0.217 e. The third-order valence-corrected chi connectivity index (χ3v) is 1.93. The molecule has 1 N–H and O–H groups in total. The molecule has 2 nitrogen and oxygen atoms in total. The largest absolute Gasteiger partial charge is 0.351 e. The first kappa shape index (κ1) is 10.6. The van der Waals surface area contributed by atoms with Crippen LogP contribution in [0, 0.1) is 0 Å². The maximum absolute atomic E-state index is 10.5.